The predicted octanol–water partition coefficient (Wildman–Crippen LogP) is 0.293. The van der Waals surface area contributed by atoms with Crippen molar-refractivity contribution in [1.82, 2.24) is 19.8 Å². The second-order valence-corrected chi connectivity index (χ2v) is 6.20. The molecule has 0 saturated carbocycles. The number of nitrogens with zero attached hydrogens (tertiary/aromatic N) is 2. The van der Waals surface area contributed by atoms with Gasteiger partial charge in [0.1, 0.15) is 6.29 Å². The third-order valence-corrected chi connectivity index (χ3v) is 4.79. The molecule has 0 radical (unpaired) electrons. The molecule has 2 aromatic rings. The lowest BCUT2D eigenvalue weighted by molar-refractivity contribution is -0.121. The van der Waals surface area contributed by atoms with Crippen LogP contribution in [0, 0.1) is 0 Å². The molecule has 1 amide bonds. The Bertz CT molecular complexity index is 832. The van der Waals surface area contributed by atoms with Gasteiger partial charge in [0, 0.05) is 39.5 Å². The van der Waals surface area contributed by atoms with E-state index in [9.17, 15) is 14.4 Å². The molecule has 1 atom stereocenters. The van der Waals surface area contributed by atoms with Crippen LogP contribution in [-0.4, -0.2) is 41.5 Å². The Labute approximate surface area is 139 Å². The second-order valence-electron chi connectivity index (χ2n) is 6.20. The molecule has 1 aliphatic heterocycles. The fourth-order valence-corrected chi connectivity index (χ4v) is 3.29. The average Bonchev–Trinajstić information content (AvgIpc) is 2.79. The molecule has 1 aliphatic rings. The van der Waals surface area contributed by atoms with Crippen molar-refractivity contribution < 1.29 is 9.59 Å². The maximum atomic E-state index is 12.7. The lowest BCUT2D eigenvalue weighted by atomic mass is 9.92. The van der Waals surface area contributed by atoms with Gasteiger partial charge in [0.15, 0.2) is 0 Å². The molecule has 128 valence electrons. The summed E-state index contributed by atoms with van der Waals surface area (Å²) < 4.78 is 3.13. The first kappa shape index (κ1) is 16.4. The zero-order chi connectivity index (χ0) is 17.3. The third-order valence-electron chi connectivity index (χ3n) is 4.79. The molecule has 24 heavy (non-hydrogen) atoms. The van der Waals surface area contributed by atoms with Crippen molar-refractivity contribution in [3.8, 4) is 0 Å². The van der Waals surface area contributed by atoms with Crippen LogP contribution < -0.4 is 16.3 Å². The minimum Gasteiger partial charge on any atom is -0.359 e. The quantitative estimate of drug-likeness (QED) is 0.746. The first-order chi connectivity index (χ1) is 11.6. The summed E-state index contributed by atoms with van der Waals surface area (Å²) in [5.41, 5.74) is 2.53. The number of hydrogen-bond donors (Lipinski definition) is 2. The van der Waals surface area contributed by atoms with Gasteiger partial charge in [-0.05, 0) is 18.1 Å². The summed E-state index contributed by atoms with van der Waals surface area (Å²) in [4.78, 5) is 35.8. The third kappa shape index (κ3) is 2.65. The molecule has 2 heterocycles. The maximum Gasteiger partial charge on any atom is 0.329 e. The van der Waals surface area contributed by atoms with Crippen LogP contribution in [0.15, 0.2) is 23.0 Å². The molecule has 1 aromatic heterocycles. The van der Waals surface area contributed by atoms with E-state index in [1.807, 2.05) is 18.2 Å². The van der Waals surface area contributed by atoms with Gasteiger partial charge < -0.3 is 15.4 Å². The fourth-order valence-electron chi connectivity index (χ4n) is 3.29. The van der Waals surface area contributed by atoms with Crippen LogP contribution in [-0.2, 0) is 16.6 Å². The first-order valence-corrected chi connectivity index (χ1v) is 8.15. The van der Waals surface area contributed by atoms with Gasteiger partial charge >= 0.3 is 5.69 Å². The van der Waals surface area contributed by atoms with E-state index in [1.54, 1.807) is 18.7 Å². The standard InChI is InChI=1S/C17H22N4O3/c1-18-15(23)7-6-12(10-22)21-14-5-3-4-13(11-8-19-9-11)16(14)20(2)17(21)24/h3-5,10-12,19H,6-9H2,1-2H3,(H,18,23). The molecule has 0 spiro atoms. The minimum atomic E-state index is -0.645. The molecule has 1 saturated heterocycles. The van der Waals surface area contributed by atoms with Crippen molar-refractivity contribution in [2.45, 2.75) is 24.8 Å². The fraction of sp³-hybridized carbons (Fsp3) is 0.471. The summed E-state index contributed by atoms with van der Waals surface area (Å²) in [6.07, 6.45) is 1.26. The summed E-state index contributed by atoms with van der Waals surface area (Å²) in [6.45, 7) is 1.79. The van der Waals surface area contributed by atoms with Crippen LogP contribution in [0.2, 0.25) is 0 Å². The van der Waals surface area contributed by atoms with Gasteiger partial charge in [0.05, 0.1) is 17.1 Å². The lowest BCUT2D eigenvalue weighted by Crippen LogP contribution is -2.40. The van der Waals surface area contributed by atoms with E-state index in [-0.39, 0.29) is 18.0 Å². The Morgan fingerprint density at radius 3 is 2.79 bits per heavy atom. The van der Waals surface area contributed by atoms with Crippen molar-refractivity contribution in [2.75, 3.05) is 20.1 Å². The number of carbonyl (C=O) groups excluding carboxylic acids is 2. The van der Waals surface area contributed by atoms with Crippen LogP contribution in [0.1, 0.15) is 30.4 Å². The van der Waals surface area contributed by atoms with Crippen molar-refractivity contribution in [3.63, 3.8) is 0 Å². The van der Waals surface area contributed by atoms with Crippen LogP contribution in [0.4, 0.5) is 0 Å². The molecule has 0 aliphatic carbocycles. The van der Waals surface area contributed by atoms with Gasteiger partial charge in [-0.1, -0.05) is 12.1 Å². The zero-order valence-corrected chi connectivity index (χ0v) is 13.9. The number of benzene rings is 1. The molecular weight excluding hydrogens is 308 g/mol. The van der Waals surface area contributed by atoms with Crippen LogP contribution in [0.5, 0.6) is 0 Å². The number of imidazole rings is 1. The average molecular weight is 330 g/mol. The topological polar surface area (TPSA) is 85.1 Å². The predicted molar refractivity (Wildman–Crippen MR) is 91.2 cm³/mol. The minimum absolute atomic E-state index is 0.142. The maximum absolute atomic E-state index is 12.7. The lowest BCUT2D eigenvalue weighted by Gasteiger charge is -2.28. The highest BCUT2D eigenvalue weighted by atomic mass is 16.2. The number of aromatic nitrogens is 2. The summed E-state index contributed by atoms with van der Waals surface area (Å²) in [5, 5.41) is 5.78. The highest BCUT2D eigenvalue weighted by Crippen LogP contribution is 2.29. The summed E-state index contributed by atoms with van der Waals surface area (Å²) in [6, 6.07) is 5.18. The van der Waals surface area contributed by atoms with E-state index in [2.05, 4.69) is 10.6 Å². The highest BCUT2D eigenvalue weighted by Gasteiger charge is 2.26. The van der Waals surface area contributed by atoms with Gasteiger partial charge in [-0.3, -0.25) is 13.9 Å². The number of aldehydes is 1. The molecule has 3 rings (SSSR count). The number of para-hydroxylation sites is 1. The Morgan fingerprint density at radius 1 is 1.46 bits per heavy atom. The molecule has 1 fully saturated rings. The van der Waals surface area contributed by atoms with Crippen LogP contribution >= 0.6 is 0 Å². The number of rotatable bonds is 6. The molecule has 2 N–H and O–H groups in total. The van der Waals surface area contributed by atoms with Crippen molar-refractivity contribution in [2.24, 2.45) is 7.05 Å². The van der Waals surface area contributed by atoms with E-state index in [0.29, 0.717) is 12.3 Å². The largest absolute Gasteiger partial charge is 0.359 e. The smallest absolute Gasteiger partial charge is 0.329 e. The second kappa shape index (κ2) is 6.60. The van der Waals surface area contributed by atoms with Gasteiger partial charge in [0.2, 0.25) is 5.91 Å². The van der Waals surface area contributed by atoms with Gasteiger partial charge in [0.25, 0.3) is 0 Å². The van der Waals surface area contributed by atoms with Crippen molar-refractivity contribution in [3.05, 3.63) is 34.2 Å². The summed E-state index contributed by atoms with van der Waals surface area (Å²) in [5.74, 6) is 0.243. The van der Waals surface area contributed by atoms with Crippen molar-refractivity contribution >= 4 is 23.2 Å². The Hall–Kier alpha value is -2.41. The van der Waals surface area contributed by atoms with Gasteiger partial charge in [-0.2, -0.15) is 0 Å². The van der Waals surface area contributed by atoms with E-state index < -0.39 is 6.04 Å². The molecule has 1 aromatic carbocycles. The van der Waals surface area contributed by atoms with Gasteiger partial charge in [-0.25, -0.2) is 4.79 Å². The van der Waals surface area contributed by atoms with E-state index in [1.165, 1.54) is 4.57 Å². The van der Waals surface area contributed by atoms with E-state index in [4.69, 9.17) is 0 Å². The molecule has 1 unspecified atom stereocenters. The number of carbonyl (C=O) groups is 2. The van der Waals surface area contributed by atoms with Crippen LogP contribution in [0.3, 0.4) is 0 Å². The number of hydrogen-bond acceptors (Lipinski definition) is 4. The van der Waals surface area contributed by atoms with E-state index >= 15 is 0 Å². The summed E-state index contributed by atoms with van der Waals surface area (Å²) in [7, 11) is 3.29. The Balaban J connectivity index is 2.07. The molecular formula is C17H22N4O3. The number of aryl methyl sites for hydroxylation is 1. The van der Waals surface area contributed by atoms with E-state index in [0.717, 1.165) is 36.0 Å². The molecule has 7 heteroatoms. The summed E-state index contributed by atoms with van der Waals surface area (Å²) >= 11 is 0. The van der Waals surface area contributed by atoms with Crippen molar-refractivity contribution in [1.29, 1.82) is 0 Å². The number of fused-ring (bicyclic) bond motifs is 1. The first-order valence-electron chi connectivity index (χ1n) is 8.15. The Morgan fingerprint density at radius 2 is 2.21 bits per heavy atom. The molecule has 7 nitrogen and oxygen atoms in total. The Kier molecular flexibility index (Phi) is 4.53. The highest BCUT2D eigenvalue weighted by molar-refractivity contribution is 5.82. The molecule has 0 bridgehead atoms. The number of amides is 1. The monoisotopic (exact) mass is 330 g/mol. The van der Waals surface area contributed by atoms with Gasteiger partial charge in [-0.15, -0.1) is 0 Å². The SMILES string of the molecule is CNC(=O)CCC(C=O)n1c(=O)n(C)c2c(C3CNC3)cccc21. The zero-order valence-electron chi connectivity index (χ0n) is 13.9. The number of nitrogens with one attached hydrogen (secondary N) is 2. The van der Waals surface area contributed by atoms with Crippen LogP contribution in [0.25, 0.3) is 11.0 Å². The normalized spacial score (nSPS) is 15.9.